The summed E-state index contributed by atoms with van der Waals surface area (Å²) in [6, 6.07) is 58.1. The van der Waals surface area contributed by atoms with Crippen molar-refractivity contribution in [1.29, 1.82) is 0 Å². The number of rotatable bonds is 24. The average Bonchev–Trinajstić information content (AvgIpc) is 3.35. The maximum absolute atomic E-state index is 9.10. The molecule has 0 radical (unpaired) electrons. The van der Waals surface area contributed by atoms with Crippen LogP contribution in [0, 0.1) is 0 Å². The molecule has 6 aromatic carbocycles. The molecule has 0 fully saturated rings. The van der Waals surface area contributed by atoms with Crippen molar-refractivity contribution in [2.45, 2.75) is 51.0 Å². The van der Waals surface area contributed by atoms with Crippen LogP contribution in [0.25, 0.3) is 0 Å². The van der Waals surface area contributed by atoms with Gasteiger partial charge < -0.3 is 39.8 Å². The summed E-state index contributed by atoms with van der Waals surface area (Å²) in [5.74, 6) is -1.80. The van der Waals surface area contributed by atoms with Crippen LogP contribution in [0.4, 0.5) is 0 Å². The summed E-state index contributed by atoms with van der Waals surface area (Å²) < 4.78 is 24.6. The van der Waals surface area contributed by atoms with Crippen molar-refractivity contribution >= 4 is 11.9 Å². The third-order valence-electron chi connectivity index (χ3n) is 10.0. The summed E-state index contributed by atoms with van der Waals surface area (Å²) in [6.45, 7) is 15.9. The van der Waals surface area contributed by atoms with Crippen molar-refractivity contribution in [2.75, 3.05) is 39.5 Å². The van der Waals surface area contributed by atoms with E-state index in [-0.39, 0.29) is 24.3 Å². The highest BCUT2D eigenvalue weighted by Gasteiger charge is 2.16. The van der Waals surface area contributed by atoms with Crippen LogP contribution >= 0.6 is 0 Å². The summed E-state index contributed by atoms with van der Waals surface area (Å²) in [4.78, 5) is 18.2. The second-order valence-corrected chi connectivity index (χ2v) is 15.3. The lowest BCUT2D eigenvalue weighted by Crippen LogP contribution is -2.34. The molecule has 0 spiro atoms. The van der Waals surface area contributed by atoms with Gasteiger partial charge in [-0.05, 0) is 72.2 Å². The quantitative estimate of drug-likeness (QED) is 0.0264. The molecule has 4 N–H and O–H groups in total. The molecule has 0 aliphatic carbocycles. The van der Waals surface area contributed by atoms with Crippen molar-refractivity contribution in [2.24, 2.45) is 0 Å². The van der Waals surface area contributed by atoms with Gasteiger partial charge in [0.1, 0.15) is 36.9 Å². The number of benzene rings is 6. The van der Waals surface area contributed by atoms with E-state index in [1.165, 1.54) is 22.3 Å². The van der Waals surface area contributed by atoms with Crippen molar-refractivity contribution in [3.8, 4) is 11.5 Å². The number of hydrogen-bond acceptors (Lipinski definition) is 8. The summed E-state index contributed by atoms with van der Waals surface area (Å²) in [5.41, 5.74) is 6.99. The van der Waals surface area contributed by atoms with E-state index in [1.807, 2.05) is 72.8 Å². The summed E-state index contributed by atoms with van der Waals surface area (Å²) >= 11 is 0. The number of carbonyl (C=O) groups is 2. The third kappa shape index (κ3) is 19.1. The van der Waals surface area contributed by atoms with E-state index >= 15 is 0 Å². The van der Waals surface area contributed by atoms with E-state index < -0.39 is 11.9 Å². The molecule has 2 unspecified atom stereocenters. The molecule has 0 bridgehead atoms. The Balaban J connectivity index is 0.000000257. The van der Waals surface area contributed by atoms with E-state index in [4.69, 9.17) is 38.7 Å². The number of carboxylic acid groups (broad SMARTS) is 2. The van der Waals surface area contributed by atoms with Gasteiger partial charge in [0.25, 0.3) is 0 Å². The highest BCUT2D eigenvalue weighted by atomic mass is 16.5. The maximum Gasteiger partial charge on any atom is 0.414 e. The van der Waals surface area contributed by atoms with Crippen LogP contribution < -0.4 is 20.1 Å². The summed E-state index contributed by atoms with van der Waals surface area (Å²) in [6.07, 6.45) is 5.30. The minimum atomic E-state index is -1.82. The Bertz CT molecular complexity index is 2030. The number of carboxylic acids is 2. The van der Waals surface area contributed by atoms with E-state index in [1.54, 1.807) is 0 Å². The Labute approximate surface area is 390 Å². The van der Waals surface area contributed by atoms with Gasteiger partial charge in [0.2, 0.25) is 0 Å². The van der Waals surface area contributed by atoms with Crippen LogP contribution in [-0.2, 0) is 31.9 Å². The van der Waals surface area contributed by atoms with Gasteiger partial charge in [0.05, 0.1) is 13.2 Å². The second kappa shape index (κ2) is 30.3. The van der Waals surface area contributed by atoms with E-state index in [0.29, 0.717) is 26.4 Å². The first-order valence-electron chi connectivity index (χ1n) is 22.2. The molecule has 0 aromatic heterocycles. The lowest BCUT2D eigenvalue weighted by molar-refractivity contribution is -0.159. The van der Waals surface area contributed by atoms with Crippen LogP contribution in [0.2, 0.25) is 0 Å². The third-order valence-corrected chi connectivity index (χ3v) is 10.0. The Morgan fingerprint density at radius 3 is 1.06 bits per heavy atom. The molecule has 0 aliphatic rings. The Hall–Kier alpha value is -6.82. The van der Waals surface area contributed by atoms with Gasteiger partial charge >= 0.3 is 11.9 Å². The molecule has 0 heterocycles. The van der Waals surface area contributed by atoms with Crippen molar-refractivity contribution in [3.05, 3.63) is 229 Å². The lowest BCUT2D eigenvalue weighted by Gasteiger charge is -2.21. The molecule has 10 nitrogen and oxygen atoms in total. The van der Waals surface area contributed by atoms with Gasteiger partial charge in [-0.2, -0.15) is 0 Å². The van der Waals surface area contributed by atoms with Crippen molar-refractivity contribution < 1.29 is 38.7 Å². The zero-order valence-corrected chi connectivity index (χ0v) is 38.0. The molecule has 6 rings (SSSR count). The standard InChI is InChI=1S/2C27H31NO2.C2H2O4/c2*1-3-12-23-13-10-11-18-26(23)30-21-22(2)28-19-20-29-27(24-14-6-4-7-15-24)25-16-8-5-9-17-25;3-1(4)2(5)6/h2*3-11,13-18,22,27-28H,1,12,19-21H2,2H3;(H,3,4)(H,5,6). The largest absolute Gasteiger partial charge is 0.492 e. The first-order chi connectivity index (χ1) is 32.2. The second-order valence-electron chi connectivity index (χ2n) is 15.3. The number of nitrogens with one attached hydrogen (secondary N) is 2. The maximum atomic E-state index is 9.10. The van der Waals surface area contributed by atoms with Gasteiger partial charge in [-0.15, -0.1) is 13.2 Å². The molecule has 2 atom stereocenters. The van der Waals surface area contributed by atoms with Crippen LogP contribution in [0.1, 0.15) is 59.4 Å². The topological polar surface area (TPSA) is 136 Å². The van der Waals surface area contributed by atoms with Crippen molar-refractivity contribution in [3.63, 3.8) is 0 Å². The minimum absolute atomic E-state index is 0.0634. The fourth-order valence-electron chi connectivity index (χ4n) is 6.73. The molecule has 0 amide bonds. The molecule has 0 aliphatic heterocycles. The van der Waals surface area contributed by atoms with Crippen LogP contribution in [-0.4, -0.2) is 73.8 Å². The first-order valence-corrected chi connectivity index (χ1v) is 22.2. The molecular weight excluding hydrogens is 829 g/mol. The van der Waals surface area contributed by atoms with Crippen LogP contribution in [0.15, 0.2) is 195 Å². The summed E-state index contributed by atoms with van der Waals surface area (Å²) in [5, 5.41) is 21.8. The fourth-order valence-corrected chi connectivity index (χ4v) is 6.73. The van der Waals surface area contributed by atoms with Gasteiger partial charge in [-0.1, -0.05) is 170 Å². The smallest absolute Gasteiger partial charge is 0.414 e. The van der Waals surface area contributed by atoms with Crippen molar-refractivity contribution in [1.82, 2.24) is 10.6 Å². The van der Waals surface area contributed by atoms with E-state index in [2.05, 4.69) is 147 Å². The Kier molecular flexibility index (Phi) is 23.8. The van der Waals surface area contributed by atoms with Gasteiger partial charge in [0, 0.05) is 25.2 Å². The average molecular weight is 893 g/mol. The van der Waals surface area contributed by atoms with Gasteiger partial charge in [-0.3, -0.25) is 0 Å². The zero-order chi connectivity index (χ0) is 47.2. The monoisotopic (exact) mass is 892 g/mol. The number of allylic oxidation sites excluding steroid dienone is 2. The predicted octanol–water partition coefficient (Wildman–Crippen LogP) is 10.3. The number of ether oxygens (including phenoxy) is 4. The SMILES string of the molecule is C=CCc1ccccc1OCC(C)NCCOC(c1ccccc1)c1ccccc1.C=CCc1ccccc1OCC(C)NCCOC(c1ccccc1)c1ccccc1.O=C(O)C(=O)O. The molecule has 346 valence electrons. The first kappa shape index (κ1) is 51.8. The predicted molar refractivity (Wildman–Crippen MR) is 263 cm³/mol. The molecule has 10 heteroatoms. The van der Waals surface area contributed by atoms with Crippen LogP contribution in [0.3, 0.4) is 0 Å². The normalized spacial score (nSPS) is 11.5. The van der Waals surface area contributed by atoms with Gasteiger partial charge in [0.15, 0.2) is 0 Å². The van der Waals surface area contributed by atoms with Crippen LogP contribution in [0.5, 0.6) is 11.5 Å². The molecule has 6 aromatic rings. The summed E-state index contributed by atoms with van der Waals surface area (Å²) in [7, 11) is 0. The Morgan fingerprint density at radius 1 is 0.485 bits per heavy atom. The highest BCUT2D eigenvalue weighted by molar-refractivity contribution is 6.27. The Morgan fingerprint density at radius 2 is 0.773 bits per heavy atom. The minimum Gasteiger partial charge on any atom is -0.492 e. The number of para-hydroxylation sites is 2. The molecule has 66 heavy (non-hydrogen) atoms. The molecular formula is C56H64N2O8. The fraction of sp³-hybridized carbons (Fsp3) is 0.250. The number of hydrogen-bond donors (Lipinski definition) is 4. The zero-order valence-electron chi connectivity index (χ0n) is 38.0. The molecule has 0 saturated carbocycles. The molecule has 0 saturated heterocycles. The van der Waals surface area contributed by atoms with E-state index in [9.17, 15) is 0 Å². The lowest BCUT2D eigenvalue weighted by atomic mass is 10.0. The highest BCUT2D eigenvalue weighted by Crippen LogP contribution is 2.27. The van der Waals surface area contributed by atoms with E-state index in [0.717, 1.165) is 48.6 Å². The number of aliphatic carboxylic acids is 2. The van der Waals surface area contributed by atoms with Gasteiger partial charge in [-0.25, -0.2) is 9.59 Å².